The zero-order chi connectivity index (χ0) is 6.10. The van der Waals surface area contributed by atoms with Crippen LogP contribution in [0.25, 0.3) is 10.8 Å². The average Bonchev–Trinajstić information content (AvgIpc) is 2.33. The third-order valence-corrected chi connectivity index (χ3v) is 1.55. The van der Waals surface area contributed by atoms with E-state index >= 15 is 0 Å². The summed E-state index contributed by atoms with van der Waals surface area (Å²) in [6.07, 6.45) is 0. The normalized spacial score (nSPS) is 7.67. The molecule has 0 saturated heterocycles. The van der Waals surface area contributed by atoms with Gasteiger partial charge < -0.3 is 0 Å². The molecule has 3 heteroatoms. The van der Waals surface area contributed by atoms with E-state index in [-0.39, 0.29) is 60.2 Å². The maximum Gasteiger partial charge on any atom is 0 e. The summed E-state index contributed by atoms with van der Waals surface area (Å²) in [7, 11) is 0. The predicted molar refractivity (Wildman–Crippen MR) is 60.2 cm³/mol. The molecule has 0 bridgehead atoms. The van der Waals surface area contributed by atoms with E-state index in [1.54, 1.807) is 0 Å². The van der Waals surface area contributed by atoms with Crippen LogP contribution in [-0.4, -0.2) is 0 Å². The van der Waals surface area contributed by atoms with Crippen LogP contribution >= 0.6 is 34.0 Å². The van der Waals surface area contributed by atoms with Crippen molar-refractivity contribution >= 4 is 44.7 Å². The zero-order valence-electron chi connectivity index (χ0n) is 6.36. The maximum absolute atomic E-state index is 2.12. The van der Waals surface area contributed by atoms with Crippen LogP contribution in [0.4, 0.5) is 0 Å². The smallest absolute Gasteiger partial charge is 0 e. The summed E-state index contributed by atoms with van der Waals surface area (Å²) in [6, 6.07) is 14.7. The van der Waals surface area contributed by atoms with E-state index in [0.717, 1.165) is 0 Å². The van der Waals surface area contributed by atoms with E-state index in [0.29, 0.717) is 0 Å². The van der Waals surface area contributed by atoms with Gasteiger partial charge in [0.1, 0.15) is 0 Å². The summed E-state index contributed by atoms with van der Waals surface area (Å²) in [5.41, 5.74) is 0. The Bertz CT molecular complexity index is 287. The fraction of sp³-hybridized carbons (Fsp3) is 0. The molecule has 0 fully saturated rings. The molecule has 2 aromatic rings. The molecule has 0 aliphatic carbocycles. The van der Waals surface area contributed by atoms with Crippen molar-refractivity contribution in [1.82, 2.24) is 0 Å². The quantitative estimate of drug-likeness (QED) is 0.622. The van der Waals surface area contributed by atoms with Gasteiger partial charge in [-0.15, -0.1) is 63.6 Å². The van der Waals surface area contributed by atoms with Crippen LogP contribution in [0, 0.1) is 0 Å². The molecule has 0 unspecified atom stereocenters. The van der Waals surface area contributed by atoms with Crippen molar-refractivity contribution in [3.63, 3.8) is 0 Å². The molecule has 0 radical (unpaired) electrons. The van der Waals surface area contributed by atoms with Gasteiger partial charge in [-0.3, -0.25) is 0 Å². The van der Waals surface area contributed by atoms with Crippen molar-refractivity contribution in [1.29, 1.82) is 0 Å². The van der Waals surface area contributed by atoms with Crippen molar-refractivity contribution < 1.29 is 26.2 Å². The van der Waals surface area contributed by atoms with E-state index in [4.69, 9.17) is 0 Å². The Hall–Kier alpha value is 0.673. The molecule has 0 amide bonds. The minimum absolute atomic E-state index is 0. The topological polar surface area (TPSA) is 0 Å². The van der Waals surface area contributed by atoms with Crippen molar-refractivity contribution in [2.45, 2.75) is 0 Å². The number of hydrogen-bond donors (Lipinski definition) is 0. The summed E-state index contributed by atoms with van der Waals surface area (Å²) < 4.78 is 0. The van der Waals surface area contributed by atoms with E-state index in [9.17, 15) is 0 Å². The summed E-state index contributed by atoms with van der Waals surface area (Å²) in [4.78, 5) is 0. The minimum atomic E-state index is 0. The first-order valence-corrected chi connectivity index (χ1v) is 3.07. The first-order valence-electron chi connectivity index (χ1n) is 3.07. The van der Waals surface area contributed by atoms with Crippen LogP contribution in [0.2, 0.25) is 0 Å². The van der Waals surface area contributed by atoms with Crippen LogP contribution in [0.1, 0.15) is 0 Å². The van der Waals surface area contributed by atoms with Gasteiger partial charge in [-0.1, -0.05) is 6.07 Å². The minimum Gasteiger partial charge on any atom is -0.168 e. The fourth-order valence-electron chi connectivity index (χ4n) is 1.07. The molecular weight excluding hydrogens is 359 g/mol. The Balaban J connectivity index is 0. The zero-order valence-corrected chi connectivity index (χ0v) is 12.2. The SMILES string of the molecule is Br.Br.[Zr].c1ccc2[cH-]ccc2c1. The molecule has 0 heterocycles. The van der Waals surface area contributed by atoms with Crippen molar-refractivity contribution in [3.05, 3.63) is 42.5 Å². The molecule has 0 aromatic heterocycles. The first-order chi connectivity index (χ1) is 4.47. The second-order valence-corrected chi connectivity index (χ2v) is 2.15. The number of fused-ring (bicyclic) bond motifs is 1. The Morgan fingerprint density at radius 1 is 0.917 bits per heavy atom. The molecule has 0 aliphatic heterocycles. The molecule has 0 N–H and O–H groups in total. The Morgan fingerprint density at radius 3 is 2.25 bits per heavy atom. The molecular formula is C9H9Br2Zr-. The first kappa shape index (κ1) is 15.2. The van der Waals surface area contributed by atoms with Gasteiger partial charge in [0.25, 0.3) is 0 Å². The molecule has 64 valence electrons. The summed E-state index contributed by atoms with van der Waals surface area (Å²) in [5.74, 6) is 0. The van der Waals surface area contributed by atoms with Gasteiger partial charge in [-0.2, -0.15) is 17.5 Å². The summed E-state index contributed by atoms with van der Waals surface area (Å²) in [6.45, 7) is 0. The predicted octanol–water partition coefficient (Wildman–Crippen LogP) is 3.71. The van der Waals surface area contributed by atoms with Gasteiger partial charge in [-0.05, 0) is 0 Å². The van der Waals surface area contributed by atoms with E-state index < -0.39 is 0 Å². The van der Waals surface area contributed by atoms with Crippen LogP contribution in [0.15, 0.2) is 42.5 Å². The van der Waals surface area contributed by atoms with E-state index in [1.165, 1.54) is 10.8 Å². The Labute approximate surface area is 112 Å². The second kappa shape index (κ2) is 7.11. The molecule has 0 nitrogen and oxygen atoms in total. The van der Waals surface area contributed by atoms with Crippen LogP contribution < -0.4 is 0 Å². The van der Waals surface area contributed by atoms with E-state index in [2.05, 4.69) is 42.5 Å². The molecule has 12 heavy (non-hydrogen) atoms. The number of benzene rings is 1. The van der Waals surface area contributed by atoms with Crippen LogP contribution in [0.3, 0.4) is 0 Å². The molecule has 0 saturated carbocycles. The third-order valence-electron chi connectivity index (χ3n) is 1.55. The van der Waals surface area contributed by atoms with Gasteiger partial charge in [0, 0.05) is 26.2 Å². The molecule has 2 rings (SSSR count). The third kappa shape index (κ3) is 3.20. The molecule has 0 spiro atoms. The van der Waals surface area contributed by atoms with Crippen molar-refractivity contribution in [3.8, 4) is 0 Å². The fourth-order valence-corrected chi connectivity index (χ4v) is 1.07. The standard InChI is InChI=1S/C9H7.2BrH.Zr/c1-2-5-9-7-3-6-8(9)4-1;;;/h1-7H;2*1H;/q-1;;;. The average molecular weight is 368 g/mol. The summed E-state index contributed by atoms with van der Waals surface area (Å²) >= 11 is 0. The van der Waals surface area contributed by atoms with Crippen molar-refractivity contribution in [2.75, 3.05) is 0 Å². The largest absolute Gasteiger partial charge is 0.168 e. The van der Waals surface area contributed by atoms with Gasteiger partial charge in [0.15, 0.2) is 0 Å². The van der Waals surface area contributed by atoms with E-state index in [1.807, 2.05) is 0 Å². The second-order valence-electron chi connectivity index (χ2n) is 2.15. The molecule has 2 aromatic carbocycles. The van der Waals surface area contributed by atoms with Crippen molar-refractivity contribution in [2.24, 2.45) is 0 Å². The Morgan fingerprint density at radius 2 is 1.58 bits per heavy atom. The molecule has 0 atom stereocenters. The van der Waals surface area contributed by atoms with Crippen LogP contribution in [-0.2, 0) is 26.2 Å². The molecule has 0 aliphatic rings. The number of rotatable bonds is 0. The summed E-state index contributed by atoms with van der Waals surface area (Å²) in [5, 5.41) is 2.66. The number of halogens is 2. The van der Waals surface area contributed by atoms with Gasteiger partial charge in [-0.25, -0.2) is 0 Å². The number of hydrogen-bond acceptors (Lipinski definition) is 0. The van der Waals surface area contributed by atoms with Gasteiger partial charge >= 0.3 is 0 Å². The van der Waals surface area contributed by atoms with Gasteiger partial charge in [0.05, 0.1) is 0 Å². The van der Waals surface area contributed by atoms with Gasteiger partial charge in [0.2, 0.25) is 0 Å². The monoisotopic (exact) mass is 365 g/mol. The Kier molecular flexibility index (Phi) is 8.99. The van der Waals surface area contributed by atoms with Crippen LogP contribution in [0.5, 0.6) is 0 Å². The maximum atomic E-state index is 2.12.